The van der Waals surface area contributed by atoms with Crippen molar-refractivity contribution in [2.24, 2.45) is 0 Å². The van der Waals surface area contributed by atoms with E-state index >= 15 is 0 Å². The van der Waals surface area contributed by atoms with Crippen molar-refractivity contribution in [1.82, 2.24) is 9.97 Å². The molecule has 3 aromatic rings. The number of carbonyl (C=O) groups excluding carboxylic acids is 1. The molecule has 2 aromatic heterocycles. The van der Waals surface area contributed by atoms with E-state index in [4.69, 9.17) is 0 Å². The Hall–Kier alpha value is -2.73. The third kappa shape index (κ3) is 2.57. The number of amides is 1. The molecule has 0 bridgehead atoms. The molecular formula is C17H14N4OS. The Kier molecular flexibility index (Phi) is 3.51. The Balaban J connectivity index is 1.70. The molecule has 0 spiro atoms. The topological polar surface area (TPSA) is 58.1 Å². The van der Waals surface area contributed by atoms with Gasteiger partial charge in [0.25, 0.3) is 5.91 Å². The van der Waals surface area contributed by atoms with Crippen LogP contribution in [-0.2, 0) is 6.42 Å². The van der Waals surface area contributed by atoms with Crippen molar-refractivity contribution >= 4 is 34.6 Å². The molecule has 1 aliphatic rings. The first-order valence-corrected chi connectivity index (χ1v) is 8.22. The molecule has 0 atom stereocenters. The van der Waals surface area contributed by atoms with Crippen LogP contribution < -0.4 is 10.2 Å². The highest BCUT2D eigenvalue weighted by atomic mass is 32.1. The SMILES string of the molecule is O=C(Nc1cccc2c1N(c1ncccn1)CC2)c1cccs1. The van der Waals surface area contributed by atoms with Crippen molar-refractivity contribution in [3.8, 4) is 0 Å². The Bertz CT molecular complexity index is 833. The number of anilines is 3. The van der Waals surface area contributed by atoms with Gasteiger partial charge in [-0.3, -0.25) is 4.79 Å². The Morgan fingerprint density at radius 3 is 2.78 bits per heavy atom. The van der Waals surface area contributed by atoms with Crippen LogP contribution in [0.4, 0.5) is 17.3 Å². The molecule has 0 radical (unpaired) electrons. The van der Waals surface area contributed by atoms with Crippen LogP contribution in [0, 0.1) is 0 Å². The number of rotatable bonds is 3. The summed E-state index contributed by atoms with van der Waals surface area (Å²) in [6.45, 7) is 0.811. The van der Waals surface area contributed by atoms with Crippen LogP contribution in [-0.4, -0.2) is 22.4 Å². The van der Waals surface area contributed by atoms with Gasteiger partial charge in [-0.15, -0.1) is 11.3 Å². The van der Waals surface area contributed by atoms with Crippen molar-refractivity contribution in [2.45, 2.75) is 6.42 Å². The highest BCUT2D eigenvalue weighted by Crippen LogP contribution is 2.39. The Labute approximate surface area is 137 Å². The summed E-state index contributed by atoms with van der Waals surface area (Å²) >= 11 is 1.43. The monoisotopic (exact) mass is 322 g/mol. The van der Waals surface area contributed by atoms with E-state index in [1.807, 2.05) is 29.6 Å². The summed E-state index contributed by atoms with van der Waals surface area (Å²) in [6.07, 6.45) is 4.37. The predicted octanol–water partition coefficient (Wildman–Crippen LogP) is 3.48. The van der Waals surface area contributed by atoms with E-state index in [-0.39, 0.29) is 5.91 Å². The molecular weight excluding hydrogens is 308 g/mol. The molecule has 0 saturated heterocycles. The molecule has 1 N–H and O–H groups in total. The van der Waals surface area contributed by atoms with Gasteiger partial charge < -0.3 is 10.2 Å². The first-order valence-electron chi connectivity index (χ1n) is 7.34. The zero-order chi connectivity index (χ0) is 15.6. The molecule has 6 heteroatoms. The van der Waals surface area contributed by atoms with E-state index in [2.05, 4.69) is 26.3 Å². The first kappa shape index (κ1) is 13.9. The minimum atomic E-state index is -0.0887. The van der Waals surface area contributed by atoms with Crippen LogP contribution in [0.15, 0.2) is 54.2 Å². The van der Waals surface area contributed by atoms with Crippen LogP contribution >= 0.6 is 11.3 Å². The van der Waals surface area contributed by atoms with Crippen molar-refractivity contribution < 1.29 is 4.79 Å². The fourth-order valence-electron chi connectivity index (χ4n) is 2.78. The molecule has 1 aromatic carbocycles. The van der Waals surface area contributed by atoms with Gasteiger partial charge in [0.1, 0.15) is 0 Å². The van der Waals surface area contributed by atoms with Gasteiger partial charge in [0, 0.05) is 18.9 Å². The zero-order valence-electron chi connectivity index (χ0n) is 12.3. The van der Waals surface area contributed by atoms with Crippen molar-refractivity contribution in [3.63, 3.8) is 0 Å². The largest absolute Gasteiger partial charge is 0.319 e. The van der Waals surface area contributed by atoms with Crippen LogP contribution in [0.2, 0.25) is 0 Å². The van der Waals surface area contributed by atoms with Crippen LogP contribution in [0.3, 0.4) is 0 Å². The third-order valence-corrected chi connectivity index (χ3v) is 4.65. The number of aromatic nitrogens is 2. The van der Waals surface area contributed by atoms with Gasteiger partial charge >= 0.3 is 0 Å². The Morgan fingerprint density at radius 2 is 2.00 bits per heavy atom. The minimum Gasteiger partial charge on any atom is -0.319 e. The summed E-state index contributed by atoms with van der Waals surface area (Å²) in [5, 5.41) is 4.92. The Morgan fingerprint density at radius 1 is 1.13 bits per heavy atom. The molecule has 0 saturated carbocycles. The number of hydrogen-bond donors (Lipinski definition) is 1. The number of fused-ring (bicyclic) bond motifs is 1. The van der Waals surface area contributed by atoms with Gasteiger partial charge in [0.15, 0.2) is 0 Å². The molecule has 4 rings (SSSR count). The molecule has 5 nitrogen and oxygen atoms in total. The molecule has 1 aliphatic heterocycles. The minimum absolute atomic E-state index is 0.0887. The lowest BCUT2D eigenvalue weighted by Gasteiger charge is -2.20. The summed E-state index contributed by atoms with van der Waals surface area (Å²) in [4.78, 5) is 23.8. The predicted molar refractivity (Wildman–Crippen MR) is 91.5 cm³/mol. The lowest BCUT2D eigenvalue weighted by Crippen LogP contribution is -2.19. The van der Waals surface area contributed by atoms with Gasteiger partial charge in [-0.2, -0.15) is 0 Å². The normalized spacial score (nSPS) is 13.0. The average Bonchev–Trinajstić information content (AvgIpc) is 3.26. The van der Waals surface area contributed by atoms with Gasteiger partial charge in [-0.05, 0) is 35.6 Å². The van der Waals surface area contributed by atoms with Gasteiger partial charge in [-0.1, -0.05) is 18.2 Å². The van der Waals surface area contributed by atoms with Crippen molar-refractivity contribution in [1.29, 1.82) is 0 Å². The summed E-state index contributed by atoms with van der Waals surface area (Å²) in [7, 11) is 0. The molecule has 0 fully saturated rings. The molecule has 1 amide bonds. The number of carbonyl (C=O) groups is 1. The number of nitrogens with zero attached hydrogens (tertiary/aromatic N) is 3. The number of para-hydroxylation sites is 1. The smallest absolute Gasteiger partial charge is 0.265 e. The number of nitrogens with one attached hydrogen (secondary N) is 1. The third-order valence-electron chi connectivity index (χ3n) is 3.78. The molecule has 0 unspecified atom stereocenters. The second-order valence-corrected chi connectivity index (χ2v) is 6.14. The lowest BCUT2D eigenvalue weighted by molar-refractivity contribution is 0.103. The maximum Gasteiger partial charge on any atom is 0.265 e. The molecule has 3 heterocycles. The molecule has 114 valence electrons. The summed E-state index contributed by atoms with van der Waals surface area (Å²) < 4.78 is 0. The van der Waals surface area contributed by atoms with Crippen molar-refractivity contribution in [3.05, 3.63) is 64.6 Å². The van der Waals surface area contributed by atoms with Gasteiger partial charge in [0.05, 0.1) is 16.3 Å². The molecule has 23 heavy (non-hydrogen) atoms. The highest BCUT2D eigenvalue weighted by Gasteiger charge is 2.26. The number of benzene rings is 1. The summed E-state index contributed by atoms with van der Waals surface area (Å²) in [6, 6.07) is 11.5. The summed E-state index contributed by atoms with van der Waals surface area (Å²) in [5.41, 5.74) is 2.98. The van der Waals surface area contributed by atoms with E-state index in [9.17, 15) is 4.79 Å². The van der Waals surface area contributed by atoms with E-state index in [1.54, 1.807) is 18.5 Å². The standard InChI is InChI=1S/C17H14N4OS/c22-16(14-6-2-11-23-14)20-13-5-1-4-12-7-10-21(15(12)13)17-18-8-3-9-19-17/h1-6,8-9,11H,7,10H2,(H,20,22). The van der Waals surface area contributed by atoms with Crippen LogP contribution in [0.5, 0.6) is 0 Å². The van der Waals surface area contributed by atoms with Gasteiger partial charge in [0.2, 0.25) is 5.95 Å². The van der Waals surface area contributed by atoms with E-state index in [0.717, 1.165) is 24.3 Å². The maximum atomic E-state index is 12.4. The van der Waals surface area contributed by atoms with Crippen molar-refractivity contribution in [2.75, 3.05) is 16.8 Å². The average molecular weight is 322 g/mol. The quantitative estimate of drug-likeness (QED) is 0.802. The van der Waals surface area contributed by atoms with E-state index in [0.29, 0.717) is 10.8 Å². The van der Waals surface area contributed by atoms with Gasteiger partial charge in [-0.25, -0.2) is 9.97 Å². The fourth-order valence-corrected chi connectivity index (χ4v) is 3.40. The number of hydrogen-bond acceptors (Lipinski definition) is 5. The first-order chi connectivity index (χ1) is 11.3. The summed E-state index contributed by atoms with van der Waals surface area (Å²) in [5.74, 6) is 0.568. The zero-order valence-corrected chi connectivity index (χ0v) is 13.1. The molecule has 0 aliphatic carbocycles. The van der Waals surface area contributed by atoms with Crippen LogP contribution in [0.1, 0.15) is 15.2 Å². The lowest BCUT2D eigenvalue weighted by atomic mass is 10.1. The fraction of sp³-hybridized carbons (Fsp3) is 0.118. The maximum absolute atomic E-state index is 12.4. The second-order valence-electron chi connectivity index (χ2n) is 5.20. The van der Waals surface area contributed by atoms with E-state index < -0.39 is 0 Å². The van der Waals surface area contributed by atoms with Crippen LogP contribution in [0.25, 0.3) is 0 Å². The highest BCUT2D eigenvalue weighted by molar-refractivity contribution is 7.12. The second kappa shape index (κ2) is 5.81. The van der Waals surface area contributed by atoms with E-state index in [1.165, 1.54) is 16.9 Å². The number of thiophene rings is 1.